The molecule has 0 rings (SSSR count). The fourth-order valence-electron chi connectivity index (χ4n) is 0.876. The van der Waals surface area contributed by atoms with Gasteiger partial charge in [0, 0.05) is 0 Å². The summed E-state index contributed by atoms with van der Waals surface area (Å²) in [6.45, 7) is 4.62. The molecule has 1 unspecified atom stereocenters. The molecule has 0 aliphatic rings. The van der Waals surface area contributed by atoms with Crippen molar-refractivity contribution in [1.29, 1.82) is 0 Å². The lowest BCUT2D eigenvalue weighted by Gasteiger charge is -1.90. The van der Waals surface area contributed by atoms with Gasteiger partial charge in [0.25, 0.3) is 0 Å². The molecule has 0 aromatic rings. The van der Waals surface area contributed by atoms with E-state index in [9.17, 15) is 4.57 Å². The highest BCUT2D eigenvalue weighted by Crippen LogP contribution is 2.23. The highest BCUT2D eigenvalue weighted by Gasteiger charge is 2.13. The first kappa shape index (κ1) is 11.1. The average molecular weight is 177 g/mol. The van der Waals surface area contributed by atoms with E-state index in [1.165, 1.54) is 19.3 Å². The smallest absolute Gasteiger partial charge is 0.147 e. The zero-order valence-electron chi connectivity index (χ0n) is 7.51. The summed E-state index contributed by atoms with van der Waals surface area (Å²) in [5, 5.41) is 0. The second-order valence-electron chi connectivity index (χ2n) is 2.53. The number of rotatable bonds is 7. The van der Waals surface area contributed by atoms with Crippen LogP contribution in [0.2, 0.25) is 0 Å². The Balaban J connectivity index is 3.04. The molecule has 0 aliphatic heterocycles. The van der Waals surface area contributed by atoms with Gasteiger partial charge in [0.15, 0.2) is 6.16 Å². The molecule has 0 aromatic heterocycles. The second-order valence-corrected chi connectivity index (χ2v) is 3.91. The van der Waals surface area contributed by atoms with Crippen LogP contribution >= 0.6 is 8.03 Å². The fourth-order valence-corrected chi connectivity index (χ4v) is 1.78. The molecule has 0 saturated heterocycles. The summed E-state index contributed by atoms with van der Waals surface area (Å²) in [7, 11) is -1.35. The third-order valence-electron chi connectivity index (χ3n) is 1.47. The van der Waals surface area contributed by atoms with Crippen molar-refractivity contribution >= 4 is 8.03 Å². The molecule has 11 heavy (non-hydrogen) atoms. The van der Waals surface area contributed by atoms with E-state index in [-0.39, 0.29) is 0 Å². The van der Waals surface area contributed by atoms with Gasteiger partial charge in [-0.2, -0.15) is 0 Å². The highest BCUT2D eigenvalue weighted by atomic mass is 31.1. The molecule has 0 radical (unpaired) electrons. The van der Waals surface area contributed by atoms with Gasteiger partial charge in [0.1, 0.15) is 0 Å². The van der Waals surface area contributed by atoms with Crippen molar-refractivity contribution in [3.05, 3.63) is 0 Å². The van der Waals surface area contributed by atoms with Crippen LogP contribution < -0.4 is 0 Å². The molecule has 66 valence electrons. The SMILES string of the molecule is CCCCCC[P+](=O)OCC. The van der Waals surface area contributed by atoms with E-state index in [1.54, 1.807) is 0 Å². The third kappa shape index (κ3) is 7.96. The van der Waals surface area contributed by atoms with Crippen molar-refractivity contribution in [2.75, 3.05) is 12.8 Å². The van der Waals surface area contributed by atoms with E-state index in [4.69, 9.17) is 4.52 Å². The van der Waals surface area contributed by atoms with E-state index in [0.29, 0.717) is 6.61 Å². The molecule has 2 nitrogen and oxygen atoms in total. The van der Waals surface area contributed by atoms with Gasteiger partial charge in [0.2, 0.25) is 0 Å². The topological polar surface area (TPSA) is 26.3 Å². The highest BCUT2D eigenvalue weighted by molar-refractivity contribution is 7.39. The number of unbranched alkanes of at least 4 members (excludes halogenated alkanes) is 3. The van der Waals surface area contributed by atoms with Crippen LogP contribution in [0.15, 0.2) is 0 Å². The van der Waals surface area contributed by atoms with Crippen molar-refractivity contribution in [2.45, 2.75) is 39.5 Å². The lowest BCUT2D eigenvalue weighted by molar-refractivity contribution is 0.349. The minimum Gasteiger partial charge on any atom is -0.147 e. The average Bonchev–Trinajstić information content (AvgIpc) is 1.99. The van der Waals surface area contributed by atoms with Crippen LogP contribution in [0.1, 0.15) is 39.5 Å². The van der Waals surface area contributed by atoms with E-state index < -0.39 is 8.03 Å². The Kier molecular flexibility index (Phi) is 8.20. The standard InChI is InChI=1S/C8H18O2P/c1-3-5-6-7-8-11(9)10-4-2/h3-8H2,1-2H3/q+1. The number of hydrogen-bond acceptors (Lipinski definition) is 2. The van der Waals surface area contributed by atoms with Crippen LogP contribution in [0.4, 0.5) is 0 Å². The van der Waals surface area contributed by atoms with Crippen molar-refractivity contribution in [1.82, 2.24) is 0 Å². The first-order valence-corrected chi connectivity index (χ1v) is 5.75. The predicted octanol–water partition coefficient (Wildman–Crippen LogP) is 3.35. The van der Waals surface area contributed by atoms with Crippen LogP contribution in [0.25, 0.3) is 0 Å². The maximum atomic E-state index is 10.9. The molecular formula is C8H18O2P+. The van der Waals surface area contributed by atoms with Gasteiger partial charge >= 0.3 is 8.03 Å². The van der Waals surface area contributed by atoms with Crippen molar-refractivity contribution < 1.29 is 9.09 Å². The molecule has 0 saturated carbocycles. The largest absolute Gasteiger partial charge is 0.508 e. The lowest BCUT2D eigenvalue weighted by Crippen LogP contribution is -1.84. The minimum atomic E-state index is -1.35. The zero-order chi connectivity index (χ0) is 8.53. The maximum absolute atomic E-state index is 10.9. The first-order valence-electron chi connectivity index (χ1n) is 4.38. The van der Waals surface area contributed by atoms with Crippen molar-refractivity contribution in [3.63, 3.8) is 0 Å². The summed E-state index contributed by atoms with van der Waals surface area (Å²) in [5.74, 6) is 0. The van der Waals surface area contributed by atoms with Gasteiger partial charge in [-0.05, 0) is 24.3 Å². The van der Waals surface area contributed by atoms with Crippen molar-refractivity contribution in [3.8, 4) is 0 Å². The monoisotopic (exact) mass is 177 g/mol. The van der Waals surface area contributed by atoms with Gasteiger partial charge < -0.3 is 0 Å². The molecular weight excluding hydrogens is 159 g/mol. The van der Waals surface area contributed by atoms with Gasteiger partial charge in [0.05, 0.1) is 6.61 Å². The van der Waals surface area contributed by atoms with E-state index in [1.807, 2.05) is 6.92 Å². The summed E-state index contributed by atoms with van der Waals surface area (Å²) in [5.41, 5.74) is 0. The molecule has 3 heteroatoms. The van der Waals surface area contributed by atoms with Crippen LogP contribution in [-0.4, -0.2) is 12.8 Å². The summed E-state index contributed by atoms with van der Waals surface area (Å²) in [6.07, 6.45) is 5.44. The number of hydrogen-bond donors (Lipinski definition) is 0. The summed E-state index contributed by atoms with van der Waals surface area (Å²) >= 11 is 0. The normalized spacial score (nSPS) is 11.6. The van der Waals surface area contributed by atoms with Crippen molar-refractivity contribution in [2.24, 2.45) is 0 Å². The molecule has 0 heterocycles. The Morgan fingerprint density at radius 1 is 1.18 bits per heavy atom. The Labute approximate surface area is 70.2 Å². The summed E-state index contributed by atoms with van der Waals surface area (Å²) < 4.78 is 15.9. The maximum Gasteiger partial charge on any atom is 0.508 e. The third-order valence-corrected chi connectivity index (χ3v) is 2.69. The zero-order valence-corrected chi connectivity index (χ0v) is 8.40. The Morgan fingerprint density at radius 2 is 1.91 bits per heavy atom. The molecule has 0 aromatic carbocycles. The molecule has 1 atom stereocenters. The molecule has 0 spiro atoms. The Hall–Kier alpha value is 0.0600. The molecule has 0 bridgehead atoms. The minimum absolute atomic E-state index is 0.572. The van der Waals surface area contributed by atoms with Crippen LogP contribution in [0.3, 0.4) is 0 Å². The molecule has 0 amide bonds. The van der Waals surface area contributed by atoms with Crippen LogP contribution in [-0.2, 0) is 9.09 Å². The van der Waals surface area contributed by atoms with E-state index >= 15 is 0 Å². The first-order chi connectivity index (χ1) is 5.31. The van der Waals surface area contributed by atoms with Crippen LogP contribution in [0.5, 0.6) is 0 Å². The second kappa shape index (κ2) is 8.16. The fraction of sp³-hybridized carbons (Fsp3) is 1.00. The summed E-state index contributed by atoms with van der Waals surface area (Å²) in [4.78, 5) is 0. The van der Waals surface area contributed by atoms with Gasteiger partial charge in [-0.25, -0.2) is 0 Å². The van der Waals surface area contributed by atoms with E-state index in [0.717, 1.165) is 12.6 Å². The van der Waals surface area contributed by atoms with Gasteiger partial charge in [-0.15, -0.1) is 4.52 Å². The van der Waals surface area contributed by atoms with Crippen LogP contribution in [0, 0.1) is 0 Å². The molecule has 0 N–H and O–H groups in total. The Morgan fingerprint density at radius 3 is 2.45 bits per heavy atom. The molecule has 0 fully saturated rings. The van der Waals surface area contributed by atoms with Gasteiger partial charge in [-0.1, -0.05) is 19.8 Å². The molecule has 0 aliphatic carbocycles. The van der Waals surface area contributed by atoms with Gasteiger partial charge in [-0.3, -0.25) is 0 Å². The van der Waals surface area contributed by atoms with E-state index in [2.05, 4.69) is 6.92 Å². The summed E-state index contributed by atoms with van der Waals surface area (Å²) in [6, 6.07) is 0. The lowest BCUT2D eigenvalue weighted by atomic mass is 10.2. The Bertz CT molecular complexity index is 104. The quantitative estimate of drug-likeness (QED) is 0.440. The predicted molar refractivity (Wildman–Crippen MR) is 48.2 cm³/mol.